The van der Waals surface area contributed by atoms with E-state index in [0.717, 1.165) is 11.8 Å². The second kappa shape index (κ2) is 3.38. The van der Waals surface area contributed by atoms with E-state index in [1.807, 2.05) is 0 Å². The zero-order valence-corrected chi connectivity index (χ0v) is 7.14. The Bertz CT molecular complexity index is 101. The monoisotopic (exact) mass is 141 g/mol. The van der Waals surface area contributed by atoms with Gasteiger partial charge in [-0.3, -0.25) is 0 Å². The fraction of sp³-hybridized carbons (Fsp3) is 1.00. The molecule has 1 heteroatoms. The third-order valence-corrected chi connectivity index (χ3v) is 2.83. The van der Waals surface area contributed by atoms with Gasteiger partial charge >= 0.3 is 0 Å². The molecule has 1 saturated carbocycles. The van der Waals surface area contributed by atoms with Gasteiger partial charge in [0.15, 0.2) is 0 Å². The lowest BCUT2D eigenvalue weighted by molar-refractivity contribution is 0.240. The van der Waals surface area contributed by atoms with Crippen molar-refractivity contribution in [3.8, 4) is 0 Å². The van der Waals surface area contributed by atoms with Crippen LogP contribution in [0.15, 0.2) is 0 Å². The topological polar surface area (TPSA) is 26.0 Å². The molecule has 2 unspecified atom stereocenters. The summed E-state index contributed by atoms with van der Waals surface area (Å²) in [4.78, 5) is 0. The quantitative estimate of drug-likeness (QED) is 0.595. The molecule has 2 N–H and O–H groups in total. The Balaban J connectivity index is 2.38. The molecule has 0 heterocycles. The molecule has 0 aliphatic heterocycles. The van der Waals surface area contributed by atoms with Crippen LogP contribution < -0.4 is 5.73 Å². The molecule has 0 aromatic rings. The Morgan fingerprint density at radius 2 is 2.10 bits per heavy atom. The Hall–Kier alpha value is -0.0400. The molecular weight excluding hydrogens is 122 g/mol. The van der Waals surface area contributed by atoms with E-state index in [1.54, 1.807) is 0 Å². The Morgan fingerprint density at radius 1 is 1.40 bits per heavy atom. The lowest BCUT2D eigenvalue weighted by Crippen LogP contribution is -2.35. The molecule has 0 saturated heterocycles. The third kappa shape index (κ3) is 1.72. The summed E-state index contributed by atoms with van der Waals surface area (Å²) in [5, 5.41) is 0. The fourth-order valence-electron chi connectivity index (χ4n) is 1.99. The van der Waals surface area contributed by atoms with Crippen LogP contribution in [0.5, 0.6) is 0 Å². The molecule has 1 aliphatic rings. The Labute approximate surface area is 64.0 Å². The van der Waals surface area contributed by atoms with Crippen LogP contribution >= 0.6 is 0 Å². The summed E-state index contributed by atoms with van der Waals surface area (Å²) >= 11 is 0. The number of nitrogens with two attached hydrogens (primary N) is 1. The van der Waals surface area contributed by atoms with Gasteiger partial charge < -0.3 is 5.73 Å². The summed E-state index contributed by atoms with van der Waals surface area (Å²) in [6.07, 6.45) is 5.22. The second-order valence-corrected chi connectivity index (χ2v) is 3.75. The van der Waals surface area contributed by atoms with Crippen molar-refractivity contribution in [2.75, 3.05) is 0 Å². The van der Waals surface area contributed by atoms with E-state index in [9.17, 15) is 0 Å². The van der Waals surface area contributed by atoms with Crippen LogP contribution in [0.4, 0.5) is 0 Å². The molecular formula is C9H19N. The van der Waals surface area contributed by atoms with Crippen molar-refractivity contribution in [1.29, 1.82) is 0 Å². The average Bonchev–Trinajstić information content (AvgIpc) is 1.94. The summed E-state index contributed by atoms with van der Waals surface area (Å²) in [6.45, 7) is 4.59. The molecule has 0 aromatic carbocycles. The van der Waals surface area contributed by atoms with Gasteiger partial charge in [0.1, 0.15) is 0 Å². The van der Waals surface area contributed by atoms with Gasteiger partial charge in [0.2, 0.25) is 0 Å². The fourth-order valence-corrected chi connectivity index (χ4v) is 1.99. The van der Waals surface area contributed by atoms with Gasteiger partial charge in [0.05, 0.1) is 0 Å². The summed E-state index contributed by atoms with van der Waals surface area (Å²) in [5.41, 5.74) is 5.95. The smallest absolute Gasteiger partial charge is 0.00672 e. The molecule has 3 atom stereocenters. The minimum Gasteiger partial charge on any atom is -0.327 e. The molecule has 0 amide bonds. The van der Waals surface area contributed by atoms with E-state index in [1.165, 1.54) is 25.7 Å². The summed E-state index contributed by atoms with van der Waals surface area (Å²) in [5.74, 6) is 1.73. The maximum absolute atomic E-state index is 5.95. The van der Waals surface area contributed by atoms with Gasteiger partial charge in [0, 0.05) is 6.04 Å². The summed E-state index contributed by atoms with van der Waals surface area (Å²) in [7, 11) is 0. The van der Waals surface area contributed by atoms with Crippen LogP contribution in [0.2, 0.25) is 0 Å². The molecule has 10 heavy (non-hydrogen) atoms. The van der Waals surface area contributed by atoms with Gasteiger partial charge in [-0.05, 0) is 31.1 Å². The maximum Gasteiger partial charge on any atom is 0.00672 e. The molecule has 0 aromatic heterocycles. The highest BCUT2D eigenvalue weighted by atomic mass is 14.7. The lowest BCUT2D eigenvalue weighted by Gasteiger charge is -2.31. The molecule has 0 spiro atoms. The van der Waals surface area contributed by atoms with Crippen LogP contribution in [0.25, 0.3) is 0 Å². The molecule has 0 bridgehead atoms. The van der Waals surface area contributed by atoms with E-state index >= 15 is 0 Å². The summed E-state index contributed by atoms with van der Waals surface area (Å²) < 4.78 is 0. The highest BCUT2D eigenvalue weighted by molar-refractivity contribution is 4.79. The summed E-state index contributed by atoms with van der Waals surface area (Å²) in [6, 6.07) is 0.501. The molecule has 0 radical (unpaired) electrons. The molecule has 1 nitrogen and oxygen atoms in total. The second-order valence-electron chi connectivity index (χ2n) is 3.75. The maximum atomic E-state index is 5.95. The highest BCUT2D eigenvalue weighted by Gasteiger charge is 2.23. The first-order valence-corrected chi connectivity index (χ1v) is 4.49. The highest BCUT2D eigenvalue weighted by Crippen LogP contribution is 2.29. The van der Waals surface area contributed by atoms with Crippen molar-refractivity contribution in [2.45, 2.75) is 45.6 Å². The van der Waals surface area contributed by atoms with Crippen LogP contribution in [0, 0.1) is 11.8 Å². The van der Waals surface area contributed by atoms with Crippen molar-refractivity contribution in [3.05, 3.63) is 0 Å². The van der Waals surface area contributed by atoms with Gasteiger partial charge in [-0.25, -0.2) is 0 Å². The van der Waals surface area contributed by atoms with Crippen LogP contribution in [0.3, 0.4) is 0 Å². The molecule has 1 fully saturated rings. The van der Waals surface area contributed by atoms with Crippen LogP contribution in [-0.4, -0.2) is 6.04 Å². The van der Waals surface area contributed by atoms with Crippen molar-refractivity contribution < 1.29 is 0 Å². The van der Waals surface area contributed by atoms with E-state index in [2.05, 4.69) is 13.8 Å². The Kier molecular flexibility index (Phi) is 2.72. The largest absolute Gasteiger partial charge is 0.327 e. The van der Waals surface area contributed by atoms with E-state index < -0.39 is 0 Å². The minimum absolute atomic E-state index is 0.501. The van der Waals surface area contributed by atoms with E-state index in [-0.39, 0.29) is 0 Å². The predicted octanol–water partition coefficient (Wildman–Crippen LogP) is 2.16. The van der Waals surface area contributed by atoms with E-state index in [4.69, 9.17) is 5.73 Å². The van der Waals surface area contributed by atoms with Gasteiger partial charge in [-0.15, -0.1) is 0 Å². The number of hydrogen-bond donors (Lipinski definition) is 1. The molecule has 1 rings (SSSR count). The first-order valence-electron chi connectivity index (χ1n) is 4.49. The first kappa shape index (κ1) is 8.06. The van der Waals surface area contributed by atoms with Crippen LogP contribution in [-0.2, 0) is 0 Å². The van der Waals surface area contributed by atoms with Crippen LogP contribution in [0.1, 0.15) is 39.5 Å². The predicted molar refractivity (Wildman–Crippen MR) is 44.8 cm³/mol. The Morgan fingerprint density at radius 3 is 2.60 bits per heavy atom. The van der Waals surface area contributed by atoms with Crippen molar-refractivity contribution in [3.63, 3.8) is 0 Å². The van der Waals surface area contributed by atoms with Crippen molar-refractivity contribution in [2.24, 2.45) is 17.6 Å². The zero-order valence-electron chi connectivity index (χ0n) is 7.14. The van der Waals surface area contributed by atoms with Gasteiger partial charge in [-0.2, -0.15) is 0 Å². The van der Waals surface area contributed by atoms with E-state index in [0.29, 0.717) is 6.04 Å². The van der Waals surface area contributed by atoms with Gasteiger partial charge in [-0.1, -0.05) is 20.3 Å². The van der Waals surface area contributed by atoms with Crippen molar-refractivity contribution in [1.82, 2.24) is 0 Å². The normalized spacial score (nSPS) is 41.7. The molecule has 60 valence electrons. The SMILES string of the molecule is CCC1CC(C)CC[C@@H]1N. The minimum atomic E-state index is 0.501. The number of hydrogen-bond acceptors (Lipinski definition) is 1. The lowest BCUT2D eigenvalue weighted by atomic mass is 9.78. The van der Waals surface area contributed by atoms with Crippen molar-refractivity contribution >= 4 is 0 Å². The number of rotatable bonds is 1. The standard InChI is InChI=1S/C9H19N/c1-3-8-6-7(2)4-5-9(8)10/h7-9H,3-6,10H2,1-2H3/t7?,8?,9-/m0/s1. The van der Waals surface area contributed by atoms with Gasteiger partial charge in [0.25, 0.3) is 0 Å². The molecule has 1 aliphatic carbocycles. The first-order chi connectivity index (χ1) is 4.74. The average molecular weight is 141 g/mol. The zero-order chi connectivity index (χ0) is 7.56. The third-order valence-electron chi connectivity index (χ3n) is 2.83.